The largest absolute Gasteiger partial charge is 0.467 e. The van der Waals surface area contributed by atoms with Crippen LogP contribution in [0.15, 0.2) is 45.9 Å². The van der Waals surface area contributed by atoms with Gasteiger partial charge in [0.25, 0.3) is 0 Å². The third-order valence-electron chi connectivity index (χ3n) is 3.19. The maximum Gasteiger partial charge on any atom is 0.244 e. The van der Waals surface area contributed by atoms with Crippen LogP contribution in [-0.2, 0) is 16.6 Å². The lowest BCUT2D eigenvalue weighted by atomic mass is 10.2. The number of sulfonamides is 1. The molecule has 2 rings (SSSR count). The van der Waals surface area contributed by atoms with Crippen LogP contribution in [0.2, 0.25) is 0 Å². The summed E-state index contributed by atoms with van der Waals surface area (Å²) in [7, 11) is 1.23. The van der Waals surface area contributed by atoms with Crippen LogP contribution in [-0.4, -0.2) is 33.9 Å². The van der Waals surface area contributed by atoms with Crippen LogP contribution in [0.3, 0.4) is 0 Å². The van der Waals surface area contributed by atoms with E-state index in [9.17, 15) is 8.42 Å². The summed E-state index contributed by atoms with van der Waals surface area (Å²) < 4.78 is 30.9. The molecule has 114 valence electrons. The molecular formula is C14H19N3O3S. The normalized spacial score (nSPS) is 11.8. The fraction of sp³-hybridized carbons (Fsp3) is 0.286. The number of rotatable bonds is 5. The molecule has 0 fully saturated rings. The van der Waals surface area contributed by atoms with Gasteiger partial charge >= 0.3 is 0 Å². The molecule has 0 radical (unpaired) electrons. The second kappa shape index (κ2) is 5.79. The van der Waals surface area contributed by atoms with E-state index in [1.165, 1.54) is 20.2 Å². The van der Waals surface area contributed by atoms with Crippen LogP contribution in [0.25, 0.3) is 0 Å². The standard InChI is InChI=1S/C14H19N3O3S/c1-16(2)21(18,19)13-8-4-7-12(14(13)15)17(3)10-11-6-5-9-20-11/h4-9H,10,15H2,1-3H3. The Balaban J connectivity index is 2.38. The summed E-state index contributed by atoms with van der Waals surface area (Å²) in [5.41, 5.74) is 6.94. The minimum Gasteiger partial charge on any atom is -0.467 e. The fourth-order valence-electron chi connectivity index (χ4n) is 2.01. The first-order chi connectivity index (χ1) is 9.84. The van der Waals surface area contributed by atoms with Gasteiger partial charge in [0.2, 0.25) is 10.0 Å². The van der Waals surface area contributed by atoms with Crippen LogP contribution in [0.4, 0.5) is 11.4 Å². The zero-order valence-corrected chi connectivity index (χ0v) is 13.1. The molecule has 0 aliphatic heterocycles. The van der Waals surface area contributed by atoms with Crippen molar-refractivity contribution < 1.29 is 12.8 Å². The second-order valence-electron chi connectivity index (χ2n) is 4.91. The molecule has 1 heterocycles. The van der Waals surface area contributed by atoms with Crippen molar-refractivity contribution in [1.82, 2.24) is 4.31 Å². The number of nitrogen functional groups attached to an aromatic ring is 1. The summed E-state index contributed by atoms with van der Waals surface area (Å²) in [5, 5.41) is 0. The van der Waals surface area contributed by atoms with Gasteiger partial charge in [-0.05, 0) is 24.3 Å². The Morgan fingerprint density at radius 2 is 1.86 bits per heavy atom. The third kappa shape index (κ3) is 3.03. The number of benzene rings is 1. The maximum absolute atomic E-state index is 12.3. The van der Waals surface area contributed by atoms with Gasteiger partial charge in [-0.25, -0.2) is 12.7 Å². The molecule has 7 heteroatoms. The molecular weight excluding hydrogens is 290 g/mol. The zero-order chi connectivity index (χ0) is 15.6. The minimum atomic E-state index is -3.57. The second-order valence-corrected chi connectivity index (χ2v) is 7.03. The Morgan fingerprint density at radius 3 is 2.43 bits per heavy atom. The smallest absolute Gasteiger partial charge is 0.244 e. The highest BCUT2D eigenvalue weighted by Crippen LogP contribution is 2.31. The molecule has 0 atom stereocenters. The first kappa shape index (κ1) is 15.4. The highest BCUT2D eigenvalue weighted by atomic mass is 32.2. The van der Waals surface area contributed by atoms with Gasteiger partial charge in [0, 0.05) is 21.1 Å². The molecule has 0 saturated heterocycles. The van der Waals surface area contributed by atoms with Gasteiger partial charge in [-0.15, -0.1) is 0 Å². The van der Waals surface area contributed by atoms with E-state index >= 15 is 0 Å². The number of anilines is 2. The van der Waals surface area contributed by atoms with Crippen molar-refractivity contribution in [2.24, 2.45) is 0 Å². The highest BCUT2D eigenvalue weighted by Gasteiger charge is 2.22. The van der Waals surface area contributed by atoms with Crippen LogP contribution in [0.1, 0.15) is 5.76 Å². The first-order valence-electron chi connectivity index (χ1n) is 6.38. The van der Waals surface area contributed by atoms with E-state index in [1.54, 1.807) is 24.5 Å². The Hall–Kier alpha value is -1.99. The van der Waals surface area contributed by atoms with Gasteiger partial charge in [0.05, 0.1) is 24.2 Å². The Bertz CT molecular complexity index is 709. The van der Waals surface area contributed by atoms with E-state index in [0.717, 1.165) is 10.1 Å². The molecule has 0 bridgehead atoms. The first-order valence-corrected chi connectivity index (χ1v) is 7.82. The van der Waals surface area contributed by atoms with Crippen molar-refractivity contribution in [3.05, 3.63) is 42.4 Å². The van der Waals surface area contributed by atoms with Crippen molar-refractivity contribution in [3.8, 4) is 0 Å². The van der Waals surface area contributed by atoms with E-state index in [2.05, 4.69) is 0 Å². The average molecular weight is 309 g/mol. The number of hydrogen-bond acceptors (Lipinski definition) is 5. The van der Waals surface area contributed by atoms with Gasteiger partial charge in [-0.2, -0.15) is 0 Å². The Morgan fingerprint density at radius 1 is 1.14 bits per heavy atom. The van der Waals surface area contributed by atoms with Gasteiger partial charge in [0.15, 0.2) is 0 Å². The molecule has 0 aliphatic carbocycles. The monoisotopic (exact) mass is 309 g/mol. The van der Waals surface area contributed by atoms with Crippen molar-refractivity contribution >= 4 is 21.4 Å². The Kier molecular flexibility index (Phi) is 4.24. The fourth-order valence-corrected chi connectivity index (χ4v) is 3.03. The lowest BCUT2D eigenvalue weighted by Crippen LogP contribution is -2.24. The van der Waals surface area contributed by atoms with E-state index in [-0.39, 0.29) is 10.6 Å². The van der Waals surface area contributed by atoms with Gasteiger partial charge in [-0.1, -0.05) is 6.07 Å². The zero-order valence-electron chi connectivity index (χ0n) is 12.3. The SMILES string of the molecule is CN(Cc1ccco1)c1cccc(S(=O)(=O)N(C)C)c1N. The number of hydrogen-bond donors (Lipinski definition) is 1. The van der Waals surface area contributed by atoms with Crippen LogP contribution in [0, 0.1) is 0 Å². The lowest BCUT2D eigenvalue weighted by molar-refractivity contribution is 0.507. The van der Waals surface area contributed by atoms with Crippen molar-refractivity contribution in [3.63, 3.8) is 0 Å². The maximum atomic E-state index is 12.3. The number of nitrogens with zero attached hydrogens (tertiary/aromatic N) is 2. The van der Waals surface area contributed by atoms with E-state index in [0.29, 0.717) is 12.2 Å². The molecule has 2 N–H and O–H groups in total. The topological polar surface area (TPSA) is 79.8 Å². The van der Waals surface area contributed by atoms with Crippen molar-refractivity contribution in [2.45, 2.75) is 11.4 Å². The van der Waals surface area contributed by atoms with Crippen LogP contribution < -0.4 is 10.6 Å². The number of furan rings is 1. The van der Waals surface area contributed by atoms with Crippen LogP contribution >= 0.6 is 0 Å². The molecule has 0 amide bonds. The predicted octanol–water partition coefficient (Wildman–Crippen LogP) is 1.75. The molecule has 6 nitrogen and oxygen atoms in total. The molecule has 0 saturated carbocycles. The lowest BCUT2D eigenvalue weighted by Gasteiger charge is -2.22. The van der Waals surface area contributed by atoms with Gasteiger partial charge < -0.3 is 15.1 Å². The molecule has 0 unspecified atom stereocenters. The summed E-state index contributed by atoms with van der Waals surface area (Å²) >= 11 is 0. The molecule has 0 spiro atoms. The highest BCUT2D eigenvalue weighted by molar-refractivity contribution is 7.89. The average Bonchev–Trinajstić information content (AvgIpc) is 2.91. The molecule has 0 aliphatic rings. The van der Waals surface area contributed by atoms with E-state index in [1.807, 2.05) is 18.0 Å². The van der Waals surface area contributed by atoms with Crippen molar-refractivity contribution in [1.29, 1.82) is 0 Å². The predicted molar refractivity (Wildman–Crippen MR) is 82.5 cm³/mol. The summed E-state index contributed by atoms with van der Waals surface area (Å²) in [6.07, 6.45) is 1.60. The summed E-state index contributed by atoms with van der Waals surface area (Å²) in [6.45, 7) is 0.503. The molecule has 21 heavy (non-hydrogen) atoms. The summed E-state index contributed by atoms with van der Waals surface area (Å²) in [4.78, 5) is 1.96. The molecule has 1 aromatic heterocycles. The summed E-state index contributed by atoms with van der Waals surface area (Å²) in [5.74, 6) is 0.776. The Labute approximate surface area is 124 Å². The quantitative estimate of drug-likeness (QED) is 0.851. The molecule has 1 aromatic carbocycles. The van der Waals surface area contributed by atoms with Crippen LogP contribution in [0.5, 0.6) is 0 Å². The third-order valence-corrected chi connectivity index (χ3v) is 5.06. The van der Waals surface area contributed by atoms with E-state index < -0.39 is 10.0 Å². The van der Waals surface area contributed by atoms with Gasteiger partial charge in [-0.3, -0.25) is 0 Å². The van der Waals surface area contributed by atoms with E-state index in [4.69, 9.17) is 10.2 Å². The number of nitrogens with two attached hydrogens (primary N) is 1. The summed E-state index contributed by atoms with van der Waals surface area (Å²) in [6, 6.07) is 8.63. The number of para-hydroxylation sites is 1. The van der Waals surface area contributed by atoms with Gasteiger partial charge in [0.1, 0.15) is 10.7 Å². The minimum absolute atomic E-state index is 0.108. The van der Waals surface area contributed by atoms with Crippen molar-refractivity contribution in [2.75, 3.05) is 31.8 Å². The molecule has 2 aromatic rings.